The van der Waals surface area contributed by atoms with Crippen molar-refractivity contribution >= 4 is 6.09 Å². The number of hydrogen-bond acceptors (Lipinski definition) is 4. The van der Waals surface area contributed by atoms with Crippen molar-refractivity contribution < 1.29 is 9.53 Å². The zero-order chi connectivity index (χ0) is 14.5. The van der Waals surface area contributed by atoms with Crippen LogP contribution in [0.4, 0.5) is 4.79 Å². The molecule has 2 atom stereocenters. The molecule has 19 heavy (non-hydrogen) atoms. The van der Waals surface area contributed by atoms with Gasteiger partial charge in [0.25, 0.3) is 0 Å². The molecule has 1 saturated heterocycles. The molecule has 1 fully saturated rings. The summed E-state index contributed by atoms with van der Waals surface area (Å²) in [4.78, 5) is 13.9. The van der Waals surface area contributed by atoms with Gasteiger partial charge in [-0.25, -0.2) is 4.79 Å². The van der Waals surface area contributed by atoms with E-state index in [-0.39, 0.29) is 12.1 Å². The Morgan fingerprint density at radius 2 is 2.21 bits per heavy atom. The van der Waals surface area contributed by atoms with Gasteiger partial charge in [-0.05, 0) is 60.0 Å². The fourth-order valence-electron chi connectivity index (χ4n) is 2.38. The minimum atomic E-state index is -0.458. The Kier molecular flexibility index (Phi) is 6.07. The SMILES string of the molecule is CN1CCCC1CCC(N)CNC(=O)OC(C)(C)C. The first kappa shape index (κ1) is 16.2. The van der Waals surface area contributed by atoms with Crippen molar-refractivity contribution in [1.82, 2.24) is 10.2 Å². The Morgan fingerprint density at radius 1 is 1.53 bits per heavy atom. The van der Waals surface area contributed by atoms with E-state index in [4.69, 9.17) is 10.5 Å². The van der Waals surface area contributed by atoms with Gasteiger partial charge in [-0.15, -0.1) is 0 Å². The van der Waals surface area contributed by atoms with Gasteiger partial charge < -0.3 is 20.7 Å². The Labute approximate surface area is 116 Å². The van der Waals surface area contributed by atoms with Crippen LogP contribution in [0.15, 0.2) is 0 Å². The summed E-state index contributed by atoms with van der Waals surface area (Å²) in [6.07, 6.45) is 4.20. The standard InChI is InChI=1S/C14H29N3O2/c1-14(2,3)19-13(18)16-10-11(15)7-8-12-6-5-9-17(12)4/h11-12H,5-10,15H2,1-4H3,(H,16,18). The molecule has 5 nitrogen and oxygen atoms in total. The summed E-state index contributed by atoms with van der Waals surface area (Å²) in [6.45, 7) is 7.22. The van der Waals surface area contributed by atoms with E-state index in [0.717, 1.165) is 12.8 Å². The quantitative estimate of drug-likeness (QED) is 0.799. The highest BCUT2D eigenvalue weighted by atomic mass is 16.6. The smallest absolute Gasteiger partial charge is 0.407 e. The molecule has 0 aromatic heterocycles. The fraction of sp³-hybridized carbons (Fsp3) is 0.929. The molecule has 112 valence electrons. The molecule has 1 rings (SSSR count). The monoisotopic (exact) mass is 271 g/mol. The third kappa shape index (κ3) is 6.78. The molecule has 0 saturated carbocycles. The Hall–Kier alpha value is -0.810. The van der Waals surface area contributed by atoms with Gasteiger partial charge in [0.2, 0.25) is 0 Å². The largest absolute Gasteiger partial charge is 0.444 e. The van der Waals surface area contributed by atoms with E-state index in [1.165, 1.54) is 19.4 Å². The van der Waals surface area contributed by atoms with E-state index in [2.05, 4.69) is 17.3 Å². The van der Waals surface area contributed by atoms with E-state index >= 15 is 0 Å². The highest BCUT2D eigenvalue weighted by Gasteiger charge is 2.21. The average molecular weight is 271 g/mol. The molecule has 0 bridgehead atoms. The van der Waals surface area contributed by atoms with Gasteiger partial charge in [-0.2, -0.15) is 0 Å². The first-order chi connectivity index (χ1) is 8.78. The second-order valence-corrected chi connectivity index (χ2v) is 6.50. The van der Waals surface area contributed by atoms with Crippen molar-refractivity contribution in [3.8, 4) is 0 Å². The molecule has 0 radical (unpaired) electrons. The van der Waals surface area contributed by atoms with Crippen LogP contribution in [0.2, 0.25) is 0 Å². The number of likely N-dealkylation sites (tertiary alicyclic amines) is 1. The van der Waals surface area contributed by atoms with Crippen molar-refractivity contribution in [3.05, 3.63) is 0 Å². The minimum Gasteiger partial charge on any atom is -0.444 e. The van der Waals surface area contributed by atoms with Crippen LogP contribution in [-0.2, 0) is 4.74 Å². The van der Waals surface area contributed by atoms with Gasteiger partial charge >= 0.3 is 6.09 Å². The van der Waals surface area contributed by atoms with E-state index < -0.39 is 5.60 Å². The number of nitrogens with two attached hydrogens (primary N) is 1. The average Bonchev–Trinajstić information content (AvgIpc) is 2.67. The van der Waals surface area contributed by atoms with E-state index in [1.54, 1.807) is 0 Å². The topological polar surface area (TPSA) is 67.6 Å². The summed E-state index contributed by atoms with van der Waals surface area (Å²) in [6, 6.07) is 0.661. The van der Waals surface area contributed by atoms with Crippen molar-refractivity contribution in [2.45, 2.75) is 64.1 Å². The zero-order valence-corrected chi connectivity index (χ0v) is 12.7. The van der Waals surface area contributed by atoms with Crippen LogP contribution in [-0.4, -0.2) is 48.8 Å². The van der Waals surface area contributed by atoms with Crippen molar-refractivity contribution in [3.63, 3.8) is 0 Å². The summed E-state index contributed by atoms with van der Waals surface area (Å²) >= 11 is 0. The number of nitrogens with zero attached hydrogens (tertiary/aromatic N) is 1. The van der Waals surface area contributed by atoms with E-state index in [9.17, 15) is 4.79 Å². The van der Waals surface area contributed by atoms with Gasteiger partial charge in [0.15, 0.2) is 0 Å². The number of ether oxygens (including phenoxy) is 1. The summed E-state index contributed by atoms with van der Waals surface area (Å²) in [5, 5.41) is 2.73. The van der Waals surface area contributed by atoms with E-state index in [1.807, 2.05) is 20.8 Å². The zero-order valence-electron chi connectivity index (χ0n) is 12.7. The molecular formula is C14H29N3O2. The van der Waals surface area contributed by atoms with Crippen molar-refractivity contribution in [2.24, 2.45) is 5.73 Å². The Balaban J connectivity index is 2.14. The van der Waals surface area contributed by atoms with Gasteiger partial charge in [0.05, 0.1) is 0 Å². The first-order valence-electron chi connectivity index (χ1n) is 7.20. The molecule has 1 aliphatic rings. The molecule has 1 heterocycles. The minimum absolute atomic E-state index is 0.00141. The third-order valence-electron chi connectivity index (χ3n) is 3.45. The van der Waals surface area contributed by atoms with Gasteiger partial charge in [-0.3, -0.25) is 0 Å². The van der Waals surface area contributed by atoms with Crippen LogP contribution in [0.5, 0.6) is 0 Å². The molecule has 0 aliphatic carbocycles. The number of hydrogen-bond donors (Lipinski definition) is 2. The third-order valence-corrected chi connectivity index (χ3v) is 3.45. The summed E-state index contributed by atoms with van der Waals surface area (Å²) < 4.78 is 5.17. The first-order valence-corrected chi connectivity index (χ1v) is 7.20. The number of carbonyl (C=O) groups excluding carboxylic acids is 1. The molecule has 0 spiro atoms. The Bertz CT molecular complexity index is 289. The number of carbonyl (C=O) groups is 1. The lowest BCUT2D eigenvalue weighted by Crippen LogP contribution is -2.40. The molecule has 2 unspecified atom stereocenters. The van der Waals surface area contributed by atoms with Crippen LogP contribution in [0.1, 0.15) is 46.5 Å². The normalized spacial score (nSPS) is 22.3. The molecule has 1 amide bonds. The molecule has 5 heteroatoms. The lowest BCUT2D eigenvalue weighted by molar-refractivity contribution is 0.0523. The fourth-order valence-corrected chi connectivity index (χ4v) is 2.38. The maximum atomic E-state index is 11.5. The van der Waals surface area contributed by atoms with Gasteiger partial charge in [0, 0.05) is 18.6 Å². The predicted molar refractivity (Wildman–Crippen MR) is 77.1 cm³/mol. The Morgan fingerprint density at radius 3 is 2.74 bits per heavy atom. The molecule has 3 N–H and O–H groups in total. The highest BCUT2D eigenvalue weighted by molar-refractivity contribution is 5.67. The number of alkyl carbamates (subject to hydrolysis) is 1. The lowest BCUT2D eigenvalue weighted by Gasteiger charge is -2.22. The van der Waals surface area contributed by atoms with Crippen LogP contribution in [0.25, 0.3) is 0 Å². The van der Waals surface area contributed by atoms with Gasteiger partial charge in [0.1, 0.15) is 5.60 Å². The lowest BCUT2D eigenvalue weighted by atomic mass is 10.0. The second-order valence-electron chi connectivity index (χ2n) is 6.50. The number of rotatable bonds is 5. The van der Waals surface area contributed by atoms with Crippen LogP contribution < -0.4 is 11.1 Å². The van der Waals surface area contributed by atoms with Gasteiger partial charge in [-0.1, -0.05) is 0 Å². The number of nitrogens with one attached hydrogen (secondary N) is 1. The molecule has 0 aromatic carbocycles. The summed E-state index contributed by atoms with van der Waals surface area (Å²) in [5.41, 5.74) is 5.56. The van der Waals surface area contributed by atoms with Crippen LogP contribution in [0.3, 0.4) is 0 Å². The molecule has 0 aromatic rings. The summed E-state index contributed by atoms with van der Waals surface area (Å²) in [7, 11) is 2.17. The van der Waals surface area contributed by atoms with E-state index in [0.29, 0.717) is 12.6 Å². The maximum Gasteiger partial charge on any atom is 0.407 e. The molecular weight excluding hydrogens is 242 g/mol. The predicted octanol–water partition coefficient (Wildman–Crippen LogP) is 1.71. The number of amides is 1. The highest BCUT2D eigenvalue weighted by Crippen LogP contribution is 2.19. The van der Waals surface area contributed by atoms with Crippen molar-refractivity contribution in [2.75, 3.05) is 20.1 Å². The summed E-state index contributed by atoms with van der Waals surface area (Å²) in [5.74, 6) is 0. The maximum absolute atomic E-state index is 11.5. The van der Waals surface area contributed by atoms with Crippen LogP contribution >= 0.6 is 0 Å². The van der Waals surface area contributed by atoms with Crippen LogP contribution in [0, 0.1) is 0 Å². The molecule has 1 aliphatic heterocycles. The van der Waals surface area contributed by atoms with Crippen molar-refractivity contribution in [1.29, 1.82) is 0 Å². The second kappa shape index (κ2) is 7.10.